The lowest BCUT2D eigenvalue weighted by Crippen LogP contribution is -2.38. The van der Waals surface area contributed by atoms with E-state index in [9.17, 15) is 10.1 Å². The van der Waals surface area contributed by atoms with Crippen molar-refractivity contribution in [2.45, 2.75) is 32.2 Å². The fourth-order valence-corrected chi connectivity index (χ4v) is 2.39. The van der Waals surface area contributed by atoms with Gasteiger partial charge in [-0.2, -0.15) is 5.26 Å². The topological polar surface area (TPSA) is 57.8 Å². The third-order valence-electron chi connectivity index (χ3n) is 3.59. The Hall–Kier alpha value is -1.76. The van der Waals surface area contributed by atoms with Gasteiger partial charge in [0.1, 0.15) is 5.41 Å². The molecule has 0 atom stereocenters. The number of aryl methyl sites for hydroxylation is 1. The van der Waals surface area contributed by atoms with Crippen molar-refractivity contribution in [2.24, 2.45) is 12.5 Å². The quantitative estimate of drug-likeness (QED) is 0.861. The molecule has 1 fully saturated rings. The Balaban J connectivity index is 1.98. The molecule has 1 aliphatic rings. The minimum atomic E-state index is -0.773. The van der Waals surface area contributed by atoms with Crippen LogP contribution in [0, 0.1) is 16.7 Å². The van der Waals surface area contributed by atoms with E-state index in [0.29, 0.717) is 19.4 Å². The first-order chi connectivity index (χ1) is 8.18. The highest BCUT2D eigenvalue weighted by atomic mass is 16.2. The van der Waals surface area contributed by atoms with Gasteiger partial charge in [0.05, 0.1) is 12.6 Å². The predicted octanol–water partition coefficient (Wildman–Crippen LogP) is 1.73. The number of nitrogens with one attached hydrogen (secondary N) is 1. The molecule has 1 amide bonds. The summed E-state index contributed by atoms with van der Waals surface area (Å²) in [6, 6.07) is 6.11. The number of nitriles is 1. The van der Waals surface area contributed by atoms with E-state index in [-0.39, 0.29) is 5.91 Å². The van der Waals surface area contributed by atoms with Crippen LogP contribution in [0.15, 0.2) is 18.3 Å². The SMILES string of the molecule is Cn1cccc1CNC(=O)C1(C#N)CCCC1. The molecule has 1 heterocycles. The van der Waals surface area contributed by atoms with Gasteiger partial charge in [0.15, 0.2) is 0 Å². The lowest BCUT2D eigenvalue weighted by molar-refractivity contribution is -0.128. The standard InChI is InChI=1S/C13H17N3O/c1-16-8-4-5-11(16)9-15-12(17)13(10-14)6-2-3-7-13/h4-5,8H,2-3,6-7,9H2,1H3,(H,15,17). The van der Waals surface area contributed by atoms with Gasteiger partial charge in [-0.3, -0.25) is 4.79 Å². The normalized spacial score (nSPS) is 17.6. The molecule has 0 aliphatic heterocycles. The minimum Gasteiger partial charge on any atom is -0.353 e. The zero-order chi connectivity index (χ0) is 12.3. The van der Waals surface area contributed by atoms with E-state index in [0.717, 1.165) is 18.5 Å². The number of amides is 1. The van der Waals surface area contributed by atoms with Crippen LogP contribution < -0.4 is 5.32 Å². The van der Waals surface area contributed by atoms with Crippen molar-refractivity contribution in [3.63, 3.8) is 0 Å². The van der Waals surface area contributed by atoms with E-state index in [2.05, 4.69) is 11.4 Å². The Morgan fingerprint density at radius 3 is 2.82 bits per heavy atom. The lowest BCUT2D eigenvalue weighted by Gasteiger charge is -2.19. The highest BCUT2D eigenvalue weighted by Gasteiger charge is 2.41. The van der Waals surface area contributed by atoms with Gasteiger partial charge < -0.3 is 9.88 Å². The summed E-state index contributed by atoms with van der Waals surface area (Å²) in [5.41, 5.74) is 0.273. The number of hydrogen-bond donors (Lipinski definition) is 1. The summed E-state index contributed by atoms with van der Waals surface area (Å²) in [5, 5.41) is 12.1. The van der Waals surface area contributed by atoms with Gasteiger partial charge in [0.25, 0.3) is 0 Å². The lowest BCUT2D eigenvalue weighted by atomic mass is 9.87. The van der Waals surface area contributed by atoms with Crippen molar-refractivity contribution >= 4 is 5.91 Å². The predicted molar refractivity (Wildman–Crippen MR) is 63.8 cm³/mol. The van der Waals surface area contributed by atoms with E-state index in [4.69, 9.17) is 0 Å². The van der Waals surface area contributed by atoms with Crippen molar-refractivity contribution in [3.8, 4) is 6.07 Å². The summed E-state index contributed by atoms with van der Waals surface area (Å²) in [6.45, 7) is 0.492. The highest BCUT2D eigenvalue weighted by Crippen LogP contribution is 2.37. The molecule has 1 N–H and O–H groups in total. The van der Waals surface area contributed by atoms with E-state index in [1.165, 1.54) is 0 Å². The van der Waals surface area contributed by atoms with Gasteiger partial charge in [0.2, 0.25) is 5.91 Å². The molecular formula is C13H17N3O. The maximum Gasteiger partial charge on any atom is 0.240 e. The van der Waals surface area contributed by atoms with Crippen LogP contribution >= 0.6 is 0 Å². The summed E-state index contributed by atoms with van der Waals surface area (Å²) >= 11 is 0. The van der Waals surface area contributed by atoms with Crippen LogP contribution in [-0.2, 0) is 18.4 Å². The van der Waals surface area contributed by atoms with Crippen LogP contribution in [0.1, 0.15) is 31.4 Å². The van der Waals surface area contributed by atoms with Crippen LogP contribution in [0.5, 0.6) is 0 Å². The summed E-state index contributed by atoms with van der Waals surface area (Å²) < 4.78 is 1.97. The summed E-state index contributed by atoms with van der Waals surface area (Å²) in [6.07, 6.45) is 5.29. The summed E-state index contributed by atoms with van der Waals surface area (Å²) in [5.74, 6) is -0.112. The van der Waals surface area contributed by atoms with E-state index in [1.54, 1.807) is 0 Å². The maximum absolute atomic E-state index is 12.1. The first-order valence-electron chi connectivity index (χ1n) is 5.98. The molecule has 1 aliphatic carbocycles. The Labute approximate surface area is 101 Å². The Morgan fingerprint density at radius 1 is 1.59 bits per heavy atom. The number of carbonyl (C=O) groups excluding carboxylic acids is 1. The van der Waals surface area contributed by atoms with Crippen molar-refractivity contribution in [1.29, 1.82) is 5.26 Å². The van der Waals surface area contributed by atoms with Crippen molar-refractivity contribution < 1.29 is 4.79 Å². The molecule has 0 radical (unpaired) electrons. The maximum atomic E-state index is 12.1. The second-order valence-electron chi connectivity index (χ2n) is 4.69. The third-order valence-corrected chi connectivity index (χ3v) is 3.59. The van der Waals surface area contributed by atoms with Gasteiger partial charge in [-0.05, 0) is 25.0 Å². The number of hydrogen-bond acceptors (Lipinski definition) is 2. The number of nitrogens with zero attached hydrogens (tertiary/aromatic N) is 2. The van der Waals surface area contributed by atoms with Gasteiger partial charge in [0, 0.05) is 18.9 Å². The fourth-order valence-electron chi connectivity index (χ4n) is 2.39. The van der Waals surface area contributed by atoms with Gasteiger partial charge in [-0.15, -0.1) is 0 Å². The molecular weight excluding hydrogens is 214 g/mol. The van der Waals surface area contributed by atoms with Crippen LogP contribution in [0.3, 0.4) is 0 Å². The number of carbonyl (C=O) groups is 1. The first-order valence-corrected chi connectivity index (χ1v) is 5.98. The van der Waals surface area contributed by atoms with E-state index in [1.807, 2.05) is 29.9 Å². The average molecular weight is 231 g/mol. The summed E-state index contributed by atoms with van der Waals surface area (Å²) in [7, 11) is 1.94. The molecule has 90 valence electrons. The van der Waals surface area contributed by atoms with E-state index >= 15 is 0 Å². The molecule has 0 bridgehead atoms. The van der Waals surface area contributed by atoms with Crippen LogP contribution in [-0.4, -0.2) is 10.5 Å². The van der Waals surface area contributed by atoms with E-state index < -0.39 is 5.41 Å². The van der Waals surface area contributed by atoms with Crippen molar-refractivity contribution in [1.82, 2.24) is 9.88 Å². The minimum absolute atomic E-state index is 0.112. The Morgan fingerprint density at radius 2 is 2.29 bits per heavy atom. The molecule has 0 unspecified atom stereocenters. The molecule has 1 aromatic rings. The van der Waals surface area contributed by atoms with Gasteiger partial charge >= 0.3 is 0 Å². The molecule has 4 nitrogen and oxygen atoms in total. The number of aromatic nitrogens is 1. The molecule has 2 rings (SSSR count). The zero-order valence-electron chi connectivity index (χ0n) is 10.1. The molecule has 0 saturated heterocycles. The van der Waals surface area contributed by atoms with Crippen LogP contribution in [0.25, 0.3) is 0 Å². The first kappa shape index (κ1) is 11.7. The third kappa shape index (κ3) is 2.19. The number of rotatable bonds is 3. The zero-order valence-corrected chi connectivity index (χ0v) is 10.1. The van der Waals surface area contributed by atoms with Gasteiger partial charge in [-0.25, -0.2) is 0 Å². The molecule has 1 saturated carbocycles. The second-order valence-corrected chi connectivity index (χ2v) is 4.69. The monoisotopic (exact) mass is 231 g/mol. The summed E-state index contributed by atoms with van der Waals surface area (Å²) in [4.78, 5) is 12.1. The van der Waals surface area contributed by atoms with Crippen molar-refractivity contribution in [3.05, 3.63) is 24.0 Å². The van der Waals surface area contributed by atoms with Crippen molar-refractivity contribution in [2.75, 3.05) is 0 Å². The molecule has 1 aromatic heterocycles. The molecule has 17 heavy (non-hydrogen) atoms. The Kier molecular flexibility index (Phi) is 3.19. The average Bonchev–Trinajstić information content (AvgIpc) is 2.95. The smallest absolute Gasteiger partial charge is 0.240 e. The van der Waals surface area contributed by atoms with Gasteiger partial charge in [-0.1, -0.05) is 12.8 Å². The highest BCUT2D eigenvalue weighted by molar-refractivity contribution is 5.85. The van der Waals surface area contributed by atoms with Crippen LogP contribution in [0.4, 0.5) is 0 Å². The largest absolute Gasteiger partial charge is 0.353 e. The Bertz CT molecular complexity index is 449. The van der Waals surface area contributed by atoms with Crippen LogP contribution in [0.2, 0.25) is 0 Å². The second kappa shape index (κ2) is 4.62. The fraction of sp³-hybridized carbons (Fsp3) is 0.538. The molecule has 4 heteroatoms. The molecule has 0 spiro atoms. The molecule has 0 aromatic carbocycles.